The van der Waals surface area contributed by atoms with Crippen LogP contribution in [0.25, 0.3) is 0 Å². The normalized spacial score (nSPS) is 13.9. The zero-order valence-corrected chi connectivity index (χ0v) is 35.9. The molecule has 9 nitrogen and oxygen atoms in total. The number of allylic oxidation sites excluding steroid dienone is 7. The fourth-order valence-electron chi connectivity index (χ4n) is 5.65. The van der Waals surface area contributed by atoms with Crippen molar-refractivity contribution in [2.45, 2.75) is 174 Å². The minimum absolute atomic E-state index is 0.0269. The molecule has 0 aromatic carbocycles. The summed E-state index contributed by atoms with van der Waals surface area (Å²) >= 11 is 0. The van der Waals surface area contributed by atoms with E-state index in [1.54, 1.807) is 0 Å². The third kappa shape index (κ3) is 39.7. The second-order valence-electron chi connectivity index (χ2n) is 15.4. The molecule has 0 bridgehead atoms. The molecule has 2 atom stereocenters. The monoisotopic (exact) mass is 783 g/mol. The summed E-state index contributed by atoms with van der Waals surface area (Å²) in [6.45, 7) is 5.80. The van der Waals surface area contributed by atoms with E-state index in [0.29, 0.717) is 17.4 Å². The van der Waals surface area contributed by atoms with E-state index < -0.39 is 26.5 Å². The Morgan fingerprint density at radius 2 is 1.09 bits per heavy atom. The summed E-state index contributed by atoms with van der Waals surface area (Å²) in [5, 5.41) is 0. The lowest BCUT2D eigenvalue weighted by Gasteiger charge is -2.24. The van der Waals surface area contributed by atoms with Crippen LogP contribution in [0.5, 0.6) is 0 Å². The molecule has 0 saturated carbocycles. The molecule has 0 fully saturated rings. The lowest BCUT2D eigenvalue weighted by molar-refractivity contribution is -0.870. The van der Waals surface area contributed by atoms with Crippen molar-refractivity contribution < 1.29 is 42.1 Å². The molecule has 0 aliphatic rings. The number of hydrogen-bond donors (Lipinski definition) is 1. The van der Waals surface area contributed by atoms with Crippen molar-refractivity contribution in [1.29, 1.82) is 0 Å². The fourth-order valence-corrected chi connectivity index (χ4v) is 6.40. The van der Waals surface area contributed by atoms with Crippen LogP contribution in [0.15, 0.2) is 49.1 Å². The summed E-state index contributed by atoms with van der Waals surface area (Å²) in [4.78, 5) is 35.3. The zero-order valence-electron chi connectivity index (χ0n) is 35.0. The van der Waals surface area contributed by atoms with Gasteiger partial charge >= 0.3 is 19.8 Å². The smallest absolute Gasteiger partial charge is 0.462 e. The lowest BCUT2D eigenvalue weighted by atomic mass is 10.0. The molecule has 0 aromatic rings. The number of hydrogen-bond acceptors (Lipinski definition) is 7. The largest absolute Gasteiger partial charge is 0.472 e. The number of rotatable bonds is 39. The average Bonchev–Trinajstić information content (AvgIpc) is 3.12. The van der Waals surface area contributed by atoms with Gasteiger partial charge in [0.2, 0.25) is 0 Å². The standard InChI is InChI=1S/C44H80NO8P/c1-6-8-10-12-14-16-18-20-22-24-26-28-30-32-34-36-43(46)50-40-42(41-52-54(48,49)51-39-38-45(3,4)5)53-44(47)37-35-33-31-29-27-25-23-21-19-17-15-13-11-9-7-2/h7-8,10,14,16,20,22,42H,2,6,9,11-13,15,17-19,21,23-41H2,1,3-5H3/p+1/b10-8+,16-14+,22-20+/t42-/m1/s1. The van der Waals surface area contributed by atoms with Crippen molar-refractivity contribution in [3.8, 4) is 0 Å². The number of likely N-dealkylation sites (N-methyl/N-ethyl adjacent to an activating group) is 1. The highest BCUT2D eigenvalue weighted by Gasteiger charge is 2.27. The SMILES string of the molecule is C=CCCCCCCCCCCCCCCCC(=O)O[C@H](COC(=O)CCCCCCC/C=C/C/C=C/C/C=C/CC)COP(=O)(O)OCC[N+](C)(C)C. The Labute approximate surface area is 331 Å². The van der Waals surface area contributed by atoms with Crippen LogP contribution in [0.4, 0.5) is 0 Å². The highest BCUT2D eigenvalue weighted by atomic mass is 31.2. The number of nitrogens with zero attached hydrogens (tertiary/aromatic N) is 1. The Kier molecular flexibility index (Phi) is 35.2. The van der Waals surface area contributed by atoms with E-state index in [4.69, 9.17) is 18.5 Å². The van der Waals surface area contributed by atoms with Gasteiger partial charge in [0.1, 0.15) is 19.8 Å². The first-order valence-corrected chi connectivity index (χ1v) is 22.8. The van der Waals surface area contributed by atoms with E-state index in [1.807, 2.05) is 27.2 Å². The quantitative estimate of drug-likeness (QED) is 0.0216. The molecule has 0 rings (SSSR count). The molecule has 0 aliphatic carbocycles. The third-order valence-electron chi connectivity index (χ3n) is 8.99. The van der Waals surface area contributed by atoms with Gasteiger partial charge in [-0.15, -0.1) is 6.58 Å². The van der Waals surface area contributed by atoms with Crippen molar-refractivity contribution in [1.82, 2.24) is 0 Å². The number of unbranched alkanes of at least 4 members (excludes halogenated alkanes) is 18. The van der Waals surface area contributed by atoms with Crippen LogP contribution in [0.1, 0.15) is 167 Å². The van der Waals surface area contributed by atoms with Gasteiger partial charge in [-0.1, -0.05) is 139 Å². The van der Waals surface area contributed by atoms with E-state index in [-0.39, 0.29) is 32.0 Å². The number of phosphoric ester groups is 1. The van der Waals surface area contributed by atoms with Gasteiger partial charge in [0.05, 0.1) is 27.7 Å². The Hall–Kier alpha value is -2.03. The molecule has 0 aliphatic heterocycles. The number of quaternary nitrogens is 1. The summed E-state index contributed by atoms with van der Waals surface area (Å²) < 4.78 is 34.3. The number of carbonyl (C=O) groups is 2. The van der Waals surface area contributed by atoms with Crippen LogP contribution < -0.4 is 0 Å². The summed E-state index contributed by atoms with van der Waals surface area (Å²) in [5.41, 5.74) is 0. The van der Waals surface area contributed by atoms with Crippen molar-refractivity contribution >= 4 is 19.8 Å². The van der Waals surface area contributed by atoms with E-state index in [9.17, 15) is 19.0 Å². The second-order valence-corrected chi connectivity index (χ2v) is 16.9. The minimum atomic E-state index is -4.38. The van der Waals surface area contributed by atoms with Crippen LogP contribution in [-0.2, 0) is 32.7 Å². The molecule has 0 aromatic heterocycles. The van der Waals surface area contributed by atoms with Gasteiger partial charge in [-0.05, 0) is 57.8 Å². The first-order valence-electron chi connectivity index (χ1n) is 21.3. The van der Waals surface area contributed by atoms with Crippen LogP contribution in [0, 0.1) is 0 Å². The third-order valence-corrected chi connectivity index (χ3v) is 9.97. The molecule has 0 spiro atoms. The number of carbonyl (C=O) groups excluding carboxylic acids is 2. The molecule has 1 unspecified atom stereocenters. The summed E-state index contributed by atoms with van der Waals surface area (Å²) in [5.74, 6) is -0.822. The highest BCUT2D eigenvalue weighted by Crippen LogP contribution is 2.43. The van der Waals surface area contributed by atoms with Crippen molar-refractivity contribution in [3.63, 3.8) is 0 Å². The number of ether oxygens (including phenoxy) is 2. The van der Waals surface area contributed by atoms with Crippen LogP contribution in [0.2, 0.25) is 0 Å². The molecular formula is C44H81NO8P+. The molecule has 1 N–H and O–H groups in total. The Balaban J connectivity index is 4.38. The van der Waals surface area contributed by atoms with E-state index in [2.05, 4.69) is 50.0 Å². The fraction of sp³-hybridized carbons (Fsp3) is 0.773. The van der Waals surface area contributed by atoms with Crippen molar-refractivity contribution in [2.75, 3.05) is 47.5 Å². The maximum Gasteiger partial charge on any atom is 0.472 e. The number of esters is 2. The van der Waals surface area contributed by atoms with E-state index in [1.165, 1.54) is 57.8 Å². The van der Waals surface area contributed by atoms with E-state index in [0.717, 1.165) is 83.5 Å². The molecule has 314 valence electrons. The van der Waals surface area contributed by atoms with Crippen LogP contribution in [-0.4, -0.2) is 74.9 Å². The molecule has 54 heavy (non-hydrogen) atoms. The predicted octanol–water partition coefficient (Wildman–Crippen LogP) is 11.9. The molecule has 10 heteroatoms. The first-order chi connectivity index (χ1) is 26.0. The molecule has 0 amide bonds. The summed E-state index contributed by atoms with van der Waals surface area (Å²) in [7, 11) is 1.46. The molecule has 0 radical (unpaired) electrons. The van der Waals surface area contributed by atoms with E-state index >= 15 is 0 Å². The van der Waals surface area contributed by atoms with Gasteiger partial charge in [-0.2, -0.15) is 0 Å². The topological polar surface area (TPSA) is 108 Å². The Bertz CT molecular complexity index is 1050. The maximum atomic E-state index is 12.7. The average molecular weight is 783 g/mol. The zero-order chi connectivity index (χ0) is 40.0. The summed E-state index contributed by atoms with van der Waals surface area (Å²) in [6.07, 6.45) is 40.5. The molecular weight excluding hydrogens is 701 g/mol. The van der Waals surface area contributed by atoms with Crippen molar-refractivity contribution in [3.05, 3.63) is 49.1 Å². The van der Waals surface area contributed by atoms with Crippen LogP contribution >= 0.6 is 7.82 Å². The first kappa shape index (κ1) is 52.0. The number of phosphoric acid groups is 1. The Morgan fingerprint density at radius 1 is 0.630 bits per heavy atom. The molecule has 0 saturated heterocycles. The minimum Gasteiger partial charge on any atom is -0.462 e. The second kappa shape index (κ2) is 36.6. The van der Waals surface area contributed by atoms with Gasteiger partial charge in [-0.3, -0.25) is 18.6 Å². The van der Waals surface area contributed by atoms with Crippen molar-refractivity contribution in [2.24, 2.45) is 0 Å². The van der Waals surface area contributed by atoms with Gasteiger partial charge in [0.25, 0.3) is 0 Å². The molecule has 0 heterocycles. The highest BCUT2D eigenvalue weighted by molar-refractivity contribution is 7.47. The van der Waals surface area contributed by atoms with Gasteiger partial charge in [0, 0.05) is 12.8 Å². The van der Waals surface area contributed by atoms with Gasteiger partial charge in [-0.25, -0.2) is 4.57 Å². The lowest BCUT2D eigenvalue weighted by Crippen LogP contribution is -2.37. The van der Waals surface area contributed by atoms with Crippen LogP contribution in [0.3, 0.4) is 0 Å². The van der Waals surface area contributed by atoms with Gasteiger partial charge < -0.3 is 18.9 Å². The summed E-state index contributed by atoms with van der Waals surface area (Å²) in [6, 6.07) is 0. The van der Waals surface area contributed by atoms with Gasteiger partial charge in [0.15, 0.2) is 6.10 Å². The maximum absolute atomic E-state index is 12.7. The predicted molar refractivity (Wildman–Crippen MR) is 224 cm³/mol. The Morgan fingerprint density at radius 3 is 1.61 bits per heavy atom.